The van der Waals surface area contributed by atoms with E-state index in [0.29, 0.717) is 6.42 Å². The Morgan fingerprint density at radius 3 is 2.23 bits per heavy atom. The first-order valence-electron chi connectivity index (χ1n) is 14.4. The van der Waals surface area contributed by atoms with Crippen molar-refractivity contribution in [2.75, 3.05) is 13.7 Å². The van der Waals surface area contributed by atoms with Gasteiger partial charge >= 0.3 is 12.2 Å². The number of ether oxygens (including phenoxy) is 2. The highest BCUT2D eigenvalue weighted by Crippen LogP contribution is 2.23. The average Bonchev–Trinajstić information content (AvgIpc) is 3.50. The number of aliphatic hydroxyl groups excluding tert-OH is 1. The molecule has 2 aromatic carbocycles. The minimum absolute atomic E-state index is 0.0373. The maximum absolute atomic E-state index is 13.4. The molecule has 0 unspecified atom stereocenters. The van der Waals surface area contributed by atoms with E-state index in [4.69, 9.17) is 9.47 Å². The molecule has 0 fully saturated rings. The van der Waals surface area contributed by atoms with Crippen molar-refractivity contribution in [3.63, 3.8) is 0 Å². The van der Waals surface area contributed by atoms with Crippen LogP contribution < -0.4 is 16.1 Å². The molecule has 3 aromatic rings. The summed E-state index contributed by atoms with van der Waals surface area (Å²) in [6.07, 6.45) is -0.417. The predicted octanol–water partition coefficient (Wildman–Crippen LogP) is 4.52. The Morgan fingerprint density at radius 2 is 1.66 bits per heavy atom. The van der Waals surface area contributed by atoms with E-state index in [0.717, 1.165) is 21.6 Å². The lowest BCUT2D eigenvalue weighted by Gasteiger charge is -2.32. The summed E-state index contributed by atoms with van der Waals surface area (Å²) in [6.45, 7) is 9.12. The van der Waals surface area contributed by atoms with Crippen molar-refractivity contribution in [1.82, 2.24) is 26.1 Å². The van der Waals surface area contributed by atoms with Crippen LogP contribution >= 0.6 is 11.3 Å². The third kappa shape index (κ3) is 11.3. The van der Waals surface area contributed by atoms with Crippen LogP contribution in [0.5, 0.6) is 0 Å². The minimum Gasteiger partial charge on any atom is -0.453 e. The average molecular weight is 626 g/mol. The predicted molar refractivity (Wildman–Crippen MR) is 170 cm³/mol. The van der Waals surface area contributed by atoms with Crippen LogP contribution in [0.25, 0.3) is 10.4 Å². The van der Waals surface area contributed by atoms with E-state index in [1.807, 2.05) is 54.6 Å². The monoisotopic (exact) mass is 625 g/mol. The molecular weight excluding hydrogens is 582 g/mol. The summed E-state index contributed by atoms with van der Waals surface area (Å²) in [4.78, 5) is 43.3. The molecule has 1 heterocycles. The molecular formula is C32H43N5O6S. The third-order valence-corrected chi connectivity index (χ3v) is 7.42. The number of nitrogens with zero attached hydrogens (tertiary/aromatic N) is 2. The normalized spacial score (nSPS) is 13.6. The number of carbonyl (C=O) groups excluding carboxylic acids is 3. The summed E-state index contributed by atoms with van der Waals surface area (Å²) in [5, 5.41) is 18.6. The van der Waals surface area contributed by atoms with Crippen molar-refractivity contribution >= 4 is 29.4 Å². The lowest BCUT2D eigenvalue weighted by Crippen LogP contribution is -2.57. The number of thiazole rings is 1. The fraction of sp³-hybridized carbons (Fsp3) is 0.438. The number of hydrogen-bond donors (Lipinski definition) is 4. The Labute approximate surface area is 262 Å². The SMILES string of the molecule is COC(=O)N[C@H](C(=O)N[C@@H](Cc1ccccc1)[C@@H](O)CN(Cc1ccc(-c2cncs2)cc1)NC(=O)OC(C)(C)C)C(C)C. The van der Waals surface area contributed by atoms with E-state index in [-0.39, 0.29) is 19.0 Å². The van der Waals surface area contributed by atoms with E-state index in [1.54, 1.807) is 62.7 Å². The van der Waals surface area contributed by atoms with E-state index in [2.05, 4.69) is 21.0 Å². The number of rotatable bonds is 13. The topological polar surface area (TPSA) is 142 Å². The van der Waals surface area contributed by atoms with E-state index >= 15 is 0 Å². The maximum atomic E-state index is 13.4. The molecule has 0 bridgehead atoms. The first-order chi connectivity index (χ1) is 20.8. The van der Waals surface area contributed by atoms with Gasteiger partial charge in [-0.25, -0.2) is 14.6 Å². The third-order valence-electron chi connectivity index (χ3n) is 6.60. The van der Waals surface area contributed by atoms with Crippen molar-refractivity contribution in [1.29, 1.82) is 0 Å². The van der Waals surface area contributed by atoms with Gasteiger partial charge in [0.2, 0.25) is 5.91 Å². The van der Waals surface area contributed by atoms with Gasteiger partial charge in [0, 0.05) is 19.3 Å². The van der Waals surface area contributed by atoms with Gasteiger partial charge in [-0.05, 0) is 49.8 Å². The van der Waals surface area contributed by atoms with Gasteiger partial charge in [0.15, 0.2) is 0 Å². The molecule has 0 spiro atoms. The lowest BCUT2D eigenvalue weighted by atomic mass is 9.98. The van der Waals surface area contributed by atoms with E-state index in [9.17, 15) is 19.5 Å². The largest absolute Gasteiger partial charge is 0.453 e. The molecule has 3 amide bonds. The fourth-order valence-corrected chi connectivity index (χ4v) is 5.06. The minimum atomic E-state index is -1.13. The summed E-state index contributed by atoms with van der Waals surface area (Å²) in [7, 11) is 1.23. The van der Waals surface area contributed by atoms with E-state index in [1.165, 1.54) is 7.11 Å². The number of alkyl carbamates (subject to hydrolysis) is 1. The van der Waals surface area contributed by atoms with Crippen molar-refractivity contribution in [3.8, 4) is 10.4 Å². The summed E-state index contributed by atoms with van der Waals surface area (Å²) < 4.78 is 10.2. The van der Waals surface area contributed by atoms with Crippen LogP contribution in [0.4, 0.5) is 9.59 Å². The van der Waals surface area contributed by atoms with Crippen molar-refractivity contribution < 1.29 is 29.0 Å². The molecule has 0 aliphatic heterocycles. The van der Waals surface area contributed by atoms with Gasteiger partial charge in [-0.3, -0.25) is 15.2 Å². The molecule has 11 nitrogen and oxygen atoms in total. The molecule has 0 aliphatic rings. The van der Waals surface area contributed by atoms with Crippen LogP contribution in [0.3, 0.4) is 0 Å². The van der Waals surface area contributed by atoms with Gasteiger partial charge in [0.05, 0.1) is 29.6 Å². The van der Waals surface area contributed by atoms with Crippen molar-refractivity contribution in [2.24, 2.45) is 5.92 Å². The van der Waals surface area contributed by atoms with E-state index < -0.39 is 41.9 Å². The van der Waals surface area contributed by atoms with Crippen LogP contribution in [0, 0.1) is 5.92 Å². The second kappa shape index (κ2) is 16.2. The Kier molecular flexibility index (Phi) is 12.7. The summed E-state index contributed by atoms with van der Waals surface area (Å²) in [5.41, 5.74) is 6.60. The van der Waals surface area contributed by atoms with Gasteiger partial charge < -0.3 is 25.2 Å². The Bertz CT molecular complexity index is 1330. The molecule has 0 saturated heterocycles. The van der Waals surface area contributed by atoms with Crippen molar-refractivity contribution in [3.05, 3.63) is 77.4 Å². The molecule has 238 valence electrons. The van der Waals surface area contributed by atoms with Crippen LogP contribution in [-0.2, 0) is 27.2 Å². The molecule has 3 atom stereocenters. The maximum Gasteiger partial charge on any atom is 0.422 e. The standard InChI is InChI=1S/C32H43N5O6S/c1-21(2)28(35-30(40)42-6)29(39)34-25(16-22-10-8-7-9-11-22)26(38)19-37(36-31(41)43-32(3,4)5)18-23-12-14-24(15-13-23)27-17-33-20-44-27/h7-15,17,20-21,25-26,28,38H,16,18-19H2,1-6H3,(H,34,39)(H,35,40)(H,36,41)/t25-,26-,28-/m0/s1. The quantitative estimate of drug-likeness (QED) is 0.203. The zero-order valence-corrected chi connectivity index (χ0v) is 26.9. The fourth-order valence-electron chi connectivity index (χ4n) is 4.43. The number of hydrogen-bond acceptors (Lipinski definition) is 9. The van der Waals surface area contributed by atoms with Gasteiger partial charge in [0.25, 0.3) is 0 Å². The van der Waals surface area contributed by atoms with Gasteiger partial charge in [-0.2, -0.15) is 0 Å². The smallest absolute Gasteiger partial charge is 0.422 e. The Hall–Kier alpha value is -4.00. The molecule has 0 saturated carbocycles. The second-order valence-electron chi connectivity index (χ2n) is 11.8. The summed E-state index contributed by atoms with van der Waals surface area (Å²) in [5.74, 6) is -0.711. The van der Waals surface area contributed by atoms with Crippen molar-refractivity contribution in [2.45, 2.75) is 71.4 Å². The molecule has 44 heavy (non-hydrogen) atoms. The van der Waals surface area contributed by atoms with Crippen LogP contribution in [-0.4, -0.2) is 70.6 Å². The molecule has 0 aliphatic carbocycles. The van der Waals surface area contributed by atoms with Gasteiger partial charge in [-0.15, -0.1) is 11.3 Å². The van der Waals surface area contributed by atoms with Crippen LogP contribution in [0.1, 0.15) is 45.7 Å². The van der Waals surface area contributed by atoms with Crippen LogP contribution in [0.15, 0.2) is 66.3 Å². The molecule has 1 aromatic heterocycles. The molecule has 4 N–H and O–H groups in total. The number of methoxy groups -OCH3 is 1. The number of amides is 3. The first-order valence-corrected chi connectivity index (χ1v) is 15.3. The number of carbonyl (C=O) groups is 3. The number of aliphatic hydroxyl groups is 1. The number of hydrazine groups is 1. The highest BCUT2D eigenvalue weighted by molar-refractivity contribution is 7.13. The number of aromatic nitrogens is 1. The Morgan fingerprint density at radius 1 is 0.977 bits per heavy atom. The van der Waals surface area contributed by atoms with Gasteiger partial charge in [0.1, 0.15) is 11.6 Å². The molecule has 12 heteroatoms. The zero-order valence-electron chi connectivity index (χ0n) is 26.1. The first kappa shape index (κ1) is 34.5. The number of nitrogens with one attached hydrogen (secondary N) is 3. The Balaban J connectivity index is 1.84. The molecule has 0 radical (unpaired) electrons. The lowest BCUT2D eigenvalue weighted by molar-refractivity contribution is -0.125. The highest BCUT2D eigenvalue weighted by atomic mass is 32.1. The van der Waals surface area contributed by atoms with Gasteiger partial charge in [-0.1, -0.05) is 68.4 Å². The summed E-state index contributed by atoms with van der Waals surface area (Å²) >= 11 is 1.54. The molecule has 3 rings (SSSR count). The summed E-state index contributed by atoms with van der Waals surface area (Å²) in [6, 6.07) is 15.6. The zero-order chi connectivity index (χ0) is 32.3. The van der Waals surface area contributed by atoms with Crippen LogP contribution in [0.2, 0.25) is 0 Å². The highest BCUT2D eigenvalue weighted by Gasteiger charge is 2.31. The number of benzene rings is 2. The second-order valence-corrected chi connectivity index (χ2v) is 12.7.